The summed E-state index contributed by atoms with van der Waals surface area (Å²) >= 11 is 0. The highest BCUT2D eigenvalue weighted by Crippen LogP contribution is 2.27. The summed E-state index contributed by atoms with van der Waals surface area (Å²) in [6.07, 6.45) is 3.43. The van der Waals surface area contributed by atoms with Crippen molar-refractivity contribution < 1.29 is 14.3 Å². The second-order valence-electron chi connectivity index (χ2n) is 7.83. The Hall–Kier alpha value is -1.71. The van der Waals surface area contributed by atoms with Gasteiger partial charge < -0.3 is 25.4 Å². The summed E-state index contributed by atoms with van der Waals surface area (Å²) in [5, 5.41) is 9.16. The van der Waals surface area contributed by atoms with Gasteiger partial charge in [-0.3, -0.25) is 0 Å². The van der Waals surface area contributed by atoms with Gasteiger partial charge in [0, 0.05) is 25.2 Å². The number of ether oxygens (including phenoxy) is 2. The fraction of sp³-hybridized carbons (Fsp3) is 0.619. The number of carbonyl (C=O) groups excluding carboxylic acids is 1. The van der Waals surface area contributed by atoms with Gasteiger partial charge in [0.25, 0.3) is 0 Å². The van der Waals surface area contributed by atoms with E-state index in [2.05, 4.69) is 20.9 Å². The Morgan fingerprint density at radius 2 is 1.83 bits per heavy atom. The van der Waals surface area contributed by atoms with E-state index in [1.54, 1.807) is 0 Å². The molecule has 0 aliphatic heterocycles. The number of carbonyl (C=O) groups is 1. The zero-order valence-electron chi connectivity index (χ0n) is 17.9. The minimum absolute atomic E-state index is 0. The van der Waals surface area contributed by atoms with Gasteiger partial charge in [0.05, 0.1) is 12.6 Å². The van der Waals surface area contributed by atoms with Crippen LogP contribution < -0.4 is 20.7 Å². The number of hydrogen-bond donors (Lipinski definition) is 3. The Bertz CT molecular complexity index is 658. The van der Waals surface area contributed by atoms with Crippen LogP contribution in [0.3, 0.4) is 0 Å². The number of alkyl carbamates (subject to hydrolysis) is 1. The number of aliphatic imine (C=N–C) groups is 1. The zero-order chi connectivity index (χ0) is 20.4. The minimum Gasteiger partial charge on any atom is -0.490 e. The lowest BCUT2D eigenvalue weighted by molar-refractivity contribution is 0.0529. The summed E-state index contributed by atoms with van der Waals surface area (Å²) in [6, 6.07) is 8.05. The molecule has 7 nitrogen and oxygen atoms in total. The van der Waals surface area contributed by atoms with Crippen LogP contribution in [0.2, 0.25) is 0 Å². The number of hydrogen-bond acceptors (Lipinski definition) is 4. The molecule has 1 fully saturated rings. The lowest BCUT2D eigenvalue weighted by Gasteiger charge is -2.27. The van der Waals surface area contributed by atoms with Gasteiger partial charge in [-0.15, -0.1) is 24.0 Å². The van der Waals surface area contributed by atoms with E-state index in [0.717, 1.165) is 30.7 Å². The number of benzene rings is 1. The van der Waals surface area contributed by atoms with Crippen molar-refractivity contribution in [3.8, 4) is 5.75 Å². The van der Waals surface area contributed by atoms with Gasteiger partial charge in [0.2, 0.25) is 0 Å². The Labute approximate surface area is 191 Å². The Morgan fingerprint density at radius 1 is 1.14 bits per heavy atom. The molecule has 0 atom stereocenters. The molecule has 0 spiro atoms. The molecule has 0 aromatic heterocycles. The maximum Gasteiger partial charge on any atom is 0.407 e. The number of halogens is 1. The second kappa shape index (κ2) is 12.8. The second-order valence-corrected chi connectivity index (χ2v) is 7.83. The summed E-state index contributed by atoms with van der Waals surface area (Å²) in [5.41, 5.74) is 0.571. The molecule has 164 valence electrons. The van der Waals surface area contributed by atoms with Gasteiger partial charge in [-0.1, -0.05) is 18.2 Å². The Kier molecular flexibility index (Phi) is 11.2. The summed E-state index contributed by atoms with van der Waals surface area (Å²) in [6.45, 7) is 9.81. The zero-order valence-corrected chi connectivity index (χ0v) is 20.2. The molecule has 1 aromatic carbocycles. The first kappa shape index (κ1) is 25.3. The first-order valence-electron chi connectivity index (χ1n) is 10.1. The van der Waals surface area contributed by atoms with Crippen LogP contribution in [0.15, 0.2) is 29.3 Å². The number of amides is 1. The molecule has 29 heavy (non-hydrogen) atoms. The topological polar surface area (TPSA) is 84.0 Å². The minimum atomic E-state index is -0.497. The standard InChI is InChI=1S/C21H34N4O3.HI/c1-5-22-19(23-13-14-24-20(26)28-21(2,3)4)25-15-16-9-6-7-12-18(16)27-17-10-8-11-17;/h6-7,9,12,17H,5,8,10-11,13-15H2,1-4H3,(H,24,26)(H2,22,23,25);1H. The van der Waals surface area contributed by atoms with E-state index >= 15 is 0 Å². The Morgan fingerprint density at radius 3 is 2.45 bits per heavy atom. The lowest BCUT2D eigenvalue weighted by Crippen LogP contribution is -2.42. The molecule has 0 heterocycles. The highest BCUT2D eigenvalue weighted by atomic mass is 127. The fourth-order valence-corrected chi connectivity index (χ4v) is 2.58. The first-order chi connectivity index (χ1) is 13.4. The van der Waals surface area contributed by atoms with Gasteiger partial charge in [0.15, 0.2) is 5.96 Å². The van der Waals surface area contributed by atoms with E-state index in [-0.39, 0.29) is 24.0 Å². The van der Waals surface area contributed by atoms with Crippen molar-refractivity contribution in [1.29, 1.82) is 0 Å². The maximum absolute atomic E-state index is 11.7. The molecule has 2 rings (SSSR count). The monoisotopic (exact) mass is 518 g/mol. The van der Waals surface area contributed by atoms with Gasteiger partial charge >= 0.3 is 6.09 Å². The van der Waals surface area contributed by atoms with Gasteiger partial charge in [-0.25, -0.2) is 9.79 Å². The normalized spacial score (nSPS) is 14.3. The van der Waals surface area contributed by atoms with Crippen LogP contribution in [0.5, 0.6) is 5.75 Å². The molecule has 8 heteroatoms. The van der Waals surface area contributed by atoms with Crippen LogP contribution in [-0.2, 0) is 11.3 Å². The molecule has 1 aliphatic carbocycles. The van der Waals surface area contributed by atoms with Gasteiger partial charge in [0.1, 0.15) is 11.4 Å². The van der Waals surface area contributed by atoms with Crippen LogP contribution in [0, 0.1) is 0 Å². The molecule has 0 radical (unpaired) electrons. The molecule has 1 amide bonds. The average molecular weight is 518 g/mol. The summed E-state index contributed by atoms with van der Waals surface area (Å²) < 4.78 is 11.3. The smallest absolute Gasteiger partial charge is 0.407 e. The van der Waals surface area contributed by atoms with Crippen molar-refractivity contribution in [2.75, 3.05) is 19.6 Å². The highest BCUT2D eigenvalue weighted by molar-refractivity contribution is 14.0. The van der Waals surface area contributed by atoms with E-state index in [9.17, 15) is 4.79 Å². The molecule has 3 N–H and O–H groups in total. The fourth-order valence-electron chi connectivity index (χ4n) is 2.58. The van der Waals surface area contributed by atoms with E-state index in [0.29, 0.717) is 31.7 Å². The number of rotatable bonds is 8. The number of guanidine groups is 1. The van der Waals surface area contributed by atoms with E-state index < -0.39 is 11.7 Å². The predicted molar refractivity (Wildman–Crippen MR) is 127 cm³/mol. The molecule has 1 aromatic rings. The molecular formula is C21H35IN4O3. The molecule has 1 aliphatic rings. The van der Waals surface area contributed by atoms with Gasteiger partial charge in [-0.05, 0) is 53.0 Å². The van der Waals surface area contributed by atoms with Crippen molar-refractivity contribution in [2.24, 2.45) is 4.99 Å². The van der Waals surface area contributed by atoms with Crippen LogP contribution in [0.4, 0.5) is 4.79 Å². The quantitative estimate of drug-likeness (QED) is 0.211. The van der Waals surface area contributed by atoms with Crippen molar-refractivity contribution in [3.63, 3.8) is 0 Å². The summed E-state index contributed by atoms with van der Waals surface area (Å²) in [4.78, 5) is 16.3. The van der Waals surface area contributed by atoms with E-state index in [4.69, 9.17) is 9.47 Å². The van der Waals surface area contributed by atoms with Crippen molar-refractivity contribution in [2.45, 2.75) is 65.2 Å². The van der Waals surface area contributed by atoms with Crippen LogP contribution in [0.1, 0.15) is 52.5 Å². The van der Waals surface area contributed by atoms with Crippen molar-refractivity contribution >= 4 is 36.0 Å². The molecule has 0 saturated heterocycles. The van der Waals surface area contributed by atoms with E-state index in [1.807, 2.05) is 52.0 Å². The third-order valence-corrected chi connectivity index (χ3v) is 4.16. The maximum atomic E-state index is 11.7. The molecule has 0 unspecified atom stereocenters. The van der Waals surface area contributed by atoms with Crippen molar-refractivity contribution in [1.82, 2.24) is 16.0 Å². The first-order valence-corrected chi connectivity index (χ1v) is 10.1. The summed E-state index contributed by atoms with van der Waals surface area (Å²) in [5.74, 6) is 1.62. The van der Waals surface area contributed by atoms with Crippen LogP contribution in [0.25, 0.3) is 0 Å². The van der Waals surface area contributed by atoms with Crippen LogP contribution in [-0.4, -0.2) is 43.4 Å². The Balaban J connectivity index is 0.00000420. The van der Waals surface area contributed by atoms with Crippen molar-refractivity contribution in [3.05, 3.63) is 29.8 Å². The van der Waals surface area contributed by atoms with E-state index in [1.165, 1.54) is 6.42 Å². The average Bonchev–Trinajstić information content (AvgIpc) is 2.59. The largest absolute Gasteiger partial charge is 0.490 e. The molecule has 1 saturated carbocycles. The SMILES string of the molecule is CCNC(=NCc1ccccc1OC1CCC1)NCCNC(=O)OC(C)(C)C.I. The molecule has 0 bridgehead atoms. The lowest BCUT2D eigenvalue weighted by atomic mass is 9.96. The number of nitrogens with zero attached hydrogens (tertiary/aromatic N) is 1. The number of nitrogens with one attached hydrogen (secondary N) is 3. The van der Waals surface area contributed by atoms with Crippen LogP contribution >= 0.6 is 24.0 Å². The third kappa shape index (κ3) is 10.0. The molecular weight excluding hydrogens is 483 g/mol. The summed E-state index contributed by atoms with van der Waals surface area (Å²) in [7, 11) is 0. The number of para-hydroxylation sites is 1. The predicted octanol–water partition coefficient (Wildman–Crippen LogP) is 3.82. The third-order valence-electron chi connectivity index (χ3n) is 4.16. The van der Waals surface area contributed by atoms with Gasteiger partial charge in [-0.2, -0.15) is 0 Å². The highest BCUT2D eigenvalue weighted by Gasteiger charge is 2.20.